The number of hydrogen-bond donors (Lipinski definition) is 0. The van der Waals surface area contributed by atoms with Crippen LogP contribution >= 0.6 is 15.9 Å². The van der Waals surface area contributed by atoms with Gasteiger partial charge in [-0.25, -0.2) is 0 Å². The van der Waals surface area contributed by atoms with Crippen molar-refractivity contribution in [2.75, 3.05) is 0 Å². The molecule has 5 nitrogen and oxygen atoms in total. The molecule has 0 aliphatic rings. The number of fused-ring (bicyclic) bond motifs is 1. The Bertz CT molecular complexity index is 973. The number of carbonyl (C=O) groups excluding carboxylic acids is 1. The highest BCUT2D eigenvalue weighted by atomic mass is 79.9. The summed E-state index contributed by atoms with van der Waals surface area (Å²) < 4.78 is 17.3. The zero-order valence-corrected chi connectivity index (χ0v) is 14.5. The summed E-state index contributed by atoms with van der Waals surface area (Å²) in [4.78, 5) is 23.7. The molecule has 0 unspecified atom stereocenters. The van der Waals surface area contributed by atoms with E-state index in [1.165, 1.54) is 13.0 Å². The summed E-state index contributed by atoms with van der Waals surface area (Å²) in [6.07, 6.45) is 0. The van der Waals surface area contributed by atoms with Gasteiger partial charge < -0.3 is 13.9 Å². The average Bonchev–Trinajstić information content (AvgIpc) is 2.52. The smallest absolute Gasteiger partial charge is 0.308 e. The van der Waals surface area contributed by atoms with Gasteiger partial charge in [0, 0.05) is 17.5 Å². The number of esters is 1. The van der Waals surface area contributed by atoms with Gasteiger partial charge in [-0.15, -0.1) is 0 Å². The van der Waals surface area contributed by atoms with Crippen LogP contribution in [0.2, 0.25) is 0 Å². The molecule has 0 fully saturated rings. The molecule has 1 aromatic heterocycles. The van der Waals surface area contributed by atoms with Crippen LogP contribution in [-0.2, 0) is 4.79 Å². The van der Waals surface area contributed by atoms with E-state index >= 15 is 0 Å². The van der Waals surface area contributed by atoms with Gasteiger partial charge in [0.25, 0.3) is 0 Å². The van der Waals surface area contributed by atoms with Gasteiger partial charge in [0.2, 0.25) is 11.2 Å². The lowest BCUT2D eigenvalue weighted by molar-refractivity contribution is -0.131. The second kappa shape index (κ2) is 6.49. The third-order valence-electron chi connectivity index (χ3n) is 3.28. The predicted octanol–water partition coefficient (Wildman–Crippen LogP) is 4.58. The van der Waals surface area contributed by atoms with E-state index in [9.17, 15) is 9.59 Å². The molecule has 0 bridgehead atoms. The normalized spacial score (nSPS) is 10.6. The van der Waals surface area contributed by atoms with Crippen molar-refractivity contribution in [3.05, 3.63) is 62.9 Å². The summed E-state index contributed by atoms with van der Waals surface area (Å²) in [5.41, 5.74) is 0.0467. The largest absolute Gasteiger partial charge is 0.457 e. The maximum Gasteiger partial charge on any atom is 0.308 e. The van der Waals surface area contributed by atoms with Crippen LogP contribution in [0, 0.1) is 6.92 Å². The molecule has 0 spiro atoms. The molecule has 0 saturated heterocycles. The second-order valence-electron chi connectivity index (χ2n) is 5.12. The predicted molar refractivity (Wildman–Crippen MR) is 92.7 cm³/mol. The SMILES string of the molecule is CC(=O)Oc1ccc2c(=O)c(Oc3ccc(Br)cc3)c(C)oc2c1. The molecule has 24 heavy (non-hydrogen) atoms. The Hall–Kier alpha value is -2.60. The van der Waals surface area contributed by atoms with Gasteiger partial charge in [0.1, 0.15) is 22.8 Å². The highest BCUT2D eigenvalue weighted by Gasteiger charge is 2.15. The molecule has 1 heterocycles. The van der Waals surface area contributed by atoms with Crippen LogP contribution < -0.4 is 14.9 Å². The fourth-order valence-electron chi connectivity index (χ4n) is 2.24. The summed E-state index contributed by atoms with van der Waals surface area (Å²) in [5.74, 6) is 0.882. The van der Waals surface area contributed by atoms with Gasteiger partial charge in [-0.2, -0.15) is 0 Å². The summed E-state index contributed by atoms with van der Waals surface area (Å²) in [6.45, 7) is 2.95. The van der Waals surface area contributed by atoms with Gasteiger partial charge >= 0.3 is 5.97 Å². The van der Waals surface area contributed by atoms with E-state index in [1.54, 1.807) is 31.2 Å². The van der Waals surface area contributed by atoms with E-state index in [2.05, 4.69) is 15.9 Å². The lowest BCUT2D eigenvalue weighted by Gasteiger charge is -2.09. The number of aryl methyl sites for hydroxylation is 1. The van der Waals surface area contributed by atoms with Crippen molar-refractivity contribution in [3.8, 4) is 17.2 Å². The highest BCUT2D eigenvalue weighted by Crippen LogP contribution is 2.28. The second-order valence-corrected chi connectivity index (χ2v) is 6.04. The molecule has 0 aliphatic carbocycles. The fourth-order valence-corrected chi connectivity index (χ4v) is 2.50. The molecular formula is C18H13BrO5. The number of hydrogen-bond acceptors (Lipinski definition) is 5. The summed E-state index contributed by atoms with van der Waals surface area (Å²) in [5, 5.41) is 0.351. The van der Waals surface area contributed by atoms with E-state index in [0.717, 1.165) is 4.47 Å². The van der Waals surface area contributed by atoms with Crippen LogP contribution in [0.3, 0.4) is 0 Å². The lowest BCUT2D eigenvalue weighted by Crippen LogP contribution is -2.08. The number of benzene rings is 2. The Morgan fingerprint density at radius 3 is 2.42 bits per heavy atom. The van der Waals surface area contributed by atoms with Crippen LogP contribution in [0.15, 0.2) is 56.1 Å². The minimum atomic E-state index is -0.441. The first-order valence-electron chi connectivity index (χ1n) is 7.13. The monoisotopic (exact) mass is 388 g/mol. The molecule has 122 valence electrons. The number of halogens is 1. The highest BCUT2D eigenvalue weighted by molar-refractivity contribution is 9.10. The molecule has 0 amide bonds. The molecule has 0 saturated carbocycles. The zero-order chi connectivity index (χ0) is 17.3. The molecule has 0 radical (unpaired) electrons. The minimum Gasteiger partial charge on any atom is -0.457 e. The molecule has 0 aliphatic heterocycles. The maximum absolute atomic E-state index is 12.7. The van der Waals surface area contributed by atoms with Crippen molar-refractivity contribution in [3.63, 3.8) is 0 Å². The number of rotatable bonds is 3. The van der Waals surface area contributed by atoms with Gasteiger partial charge in [0.05, 0.1) is 5.39 Å². The Kier molecular flexibility index (Phi) is 4.40. The molecule has 6 heteroatoms. The molecule has 0 N–H and O–H groups in total. The molecule has 3 aromatic rings. The standard InChI is InChI=1S/C18H13BrO5/c1-10-18(24-13-5-3-12(19)4-6-13)17(21)15-8-7-14(23-11(2)20)9-16(15)22-10/h3-9H,1-2H3. The Labute approximate surface area is 145 Å². The van der Waals surface area contributed by atoms with Crippen molar-refractivity contribution in [2.45, 2.75) is 13.8 Å². The first-order valence-corrected chi connectivity index (χ1v) is 7.92. The van der Waals surface area contributed by atoms with Crippen molar-refractivity contribution < 1.29 is 18.7 Å². The van der Waals surface area contributed by atoms with Gasteiger partial charge in [-0.1, -0.05) is 15.9 Å². The van der Waals surface area contributed by atoms with Crippen LogP contribution in [-0.4, -0.2) is 5.97 Å². The average molecular weight is 389 g/mol. The number of carbonyl (C=O) groups is 1. The lowest BCUT2D eigenvalue weighted by atomic mass is 10.2. The quantitative estimate of drug-likeness (QED) is 0.485. The first kappa shape index (κ1) is 16.3. The maximum atomic E-state index is 12.7. The molecular weight excluding hydrogens is 376 g/mol. The molecule has 2 aromatic carbocycles. The summed E-state index contributed by atoms with van der Waals surface area (Å²) in [7, 11) is 0. The van der Waals surface area contributed by atoms with Crippen molar-refractivity contribution in [1.29, 1.82) is 0 Å². The minimum absolute atomic E-state index is 0.130. The summed E-state index contributed by atoms with van der Waals surface area (Å²) >= 11 is 3.34. The van der Waals surface area contributed by atoms with E-state index in [1.807, 2.05) is 12.1 Å². The van der Waals surface area contributed by atoms with Crippen LogP contribution in [0.1, 0.15) is 12.7 Å². The Morgan fingerprint density at radius 2 is 1.75 bits per heavy atom. The van der Waals surface area contributed by atoms with E-state index < -0.39 is 5.97 Å². The van der Waals surface area contributed by atoms with Crippen molar-refractivity contribution in [1.82, 2.24) is 0 Å². The zero-order valence-electron chi connectivity index (χ0n) is 13.0. The third-order valence-corrected chi connectivity index (χ3v) is 3.81. The fraction of sp³-hybridized carbons (Fsp3) is 0.111. The number of ether oxygens (including phenoxy) is 2. The van der Waals surface area contributed by atoms with Crippen molar-refractivity contribution >= 4 is 32.9 Å². The topological polar surface area (TPSA) is 65.7 Å². The van der Waals surface area contributed by atoms with Crippen LogP contribution in [0.4, 0.5) is 0 Å². The summed E-state index contributed by atoms with van der Waals surface area (Å²) in [6, 6.07) is 11.7. The Balaban J connectivity index is 2.05. The van der Waals surface area contributed by atoms with E-state index in [0.29, 0.717) is 28.2 Å². The van der Waals surface area contributed by atoms with Crippen molar-refractivity contribution in [2.24, 2.45) is 0 Å². The Morgan fingerprint density at radius 1 is 1.08 bits per heavy atom. The third kappa shape index (κ3) is 3.33. The van der Waals surface area contributed by atoms with Crippen LogP contribution in [0.25, 0.3) is 11.0 Å². The van der Waals surface area contributed by atoms with Crippen LogP contribution in [0.5, 0.6) is 17.2 Å². The van der Waals surface area contributed by atoms with Gasteiger partial charge in [-0.3, -0.25) is 9.59 Å². The van der Waals surface area contributed by atoms with Gasteiger partial charge in [-0.05, 0) is 43.3 Å². The molecule has 3 rings (SSSR count). The van der Waals surface area contributed by atoms with E-state index in [-0.39, 0.29) is 11.2 Å². The van der Waals surface area contributed by atoms with Gasteiger partial charge in [0.15, 0.2) is 0 Å². The molecule has 0 atom stereocenters. The first-order chi connectivity index (χ1) is 11.4. The van der Waals surface area contributed by atoms with E-state index in [4.69, 9.17) is 13.9 Å².